The lowest BCUT2D eigenvalue weighted by molar-refractivity contribution is 0.102. The van der Waals surface area contributed by atoms with Gasteiger partial charge in [0.25, 0.3) is 5.91 Å². The number of hydrogen-bond acceptors (Lipinski definition) is 4. The molecule has 1 aliphatic heterocycles. The van der Waals surface area contributed by atoms with E-state index in [1.165, 1.54) is 0 Å². The molecule has 0 bridgehead atoms. The van der Waals surface area contributed by atoms with Crippen molar-refractivity contribution < 1.29 is 14.6 Å². The summed E-state index contributed by atoms with van der Waals surface area (Å²) in [6.45, 7) is 2.53. The highest BCUT2D eigenvalue weighted by Gasteiger charge is 2.40. The Morgan fingerprint density at radius 2 is 1.97 bits per heavy atom. The van der Waals surface area contributed by atoms with Gasteiger partial charge in [0.1, 0.15) is 11.5 Å². The zero-order valence-electron chi connectivity index (χ0n) is 18.2. The Labute approximate surface area is 201 Å². The SMILES string of the molecule is CCOc1ccc(NC(=O)c2cccc3c2NC(c2cc(Br)ccc2O)C2CC=CC32)cc1. The lowest BCUT2D eigenvalue weighted by Crippen LogP contribution is -2.31. The summed E-state index contributed by atoms with van der Waals surface area (Å²) in [5.74, 6) is 1.29. The van der Waals surface area contributed by atoms with Gasteiger partial charge in [-0.3, -0.25) is 4.79 Å². The fraction of sp³-hybridized carbons (Fsp3) is 0.222. The van der Waals surface area contributed by atoms with Crippen LogP contribution in [0.4, 0.5) is 11.4 Å². The van der Waals surface area contributed by atoms with Crippen LogP contribution in [0.5, 0.6) is 11.5 Å². The number of nitrogens with one attached hydrogen (secondary N) is 2. The number of allylic oxidation sites excluding steroid dienone is 2. The Hall–Kier alpha value is -3.25. The number of carbonyl (C=O) groups is 1. The molecule has 33 heavy (non-hydrogen) atoms. The average Bonchev–Trinajstić information content (AvgIpc) is 3.31. The van der Waals surface area contributed by atoms with Gasteiger partial charge in [0.05, 0.1) is 23.9 Å². The summed E-state index contributed by atoms with van der Waals surface area (Å²) >= 11 is 3.53. The number of carbonyl (C=O) groups excluding carboxylic acids is 1. The first kappa shape index (κ1) is 21.6. The number of halogens is 1. The molecule has 3 aromatic rings. The van der Waals surface area contributed by atoms with Gasteiger partial charge in [0.2, 0.25) is 0 Å². The van der Waals surface area contributed by atoms with Crippen molar-refractivity contribution in [3.05, 3.63) is 94.0 Å². The molecule has 5 rings (SSSR count). The number of fused-ring (bicyclic) bond motifs is 3. The van der Waals surface area contributed by atoms with Crippen molar-refractivity contribution in [1.29, 1.82) is 0 Å². The largest absolute Gasteiger partial charge is 0.508 e. The highest BCUT2D eigenvalue weighted by molar-refractivity contribution is 9.10. The van der Waals surface area contributed by atoms with Crippen molar-refractivity contribution in [3.8, 4) is 11.5 Å². The van der Waals surface area contributed by atoms with E-state index in [4.69, 9.17) is 4.74 Å². The molecule has 0 fully saturated rings. The molecule has 1 heterocycles. The molecule has 3 N–H and O–H groups in total. The van der Waals surface area contributed by atoms with Gasteiger partial charge in [0.15, 0.2) is 0 Å². The lowest BCUT2D eigenvalue weighted by atomic mass is 9.76. The van der Waals surface area contributed by atoms with E-state index in [0.29, 0.717) is 17.9 Å². The normalized spacial score (nSPS) is 20.5. The molecule has 2 aliphatic rings. The van der Waals surface area contributed by atoms with E-state index in [-0.39, 0.29) is 29.5 Å². The van der Waals surface area contributed by atoms with Crippen LogP contribution in [0.25, 0.3) is 0 Å². The molecule has 3 unspecified atom stereocenters. The van der Waals surface area contributed by atoms with Crippen LogP contribution < -0.4 is 15.4 Å². The number of hydrogen-bond donors (Lipinski definition) is 3. The predicted molar refractivity (Wildman–Crippen MR) is 134 cm³/mol. The molecule has 1 amide bonds. The van der Waals surface area contributed by atoms with Gasteiger partial charge < -0.3 is 20.5 Å². The van der Waals surface area contributed by atoms with Crippen molar-refractivity contribution in [3.63, 3.8) is 0 Å². The molecule has 0 aromatic heterocycles. The van der Waals surface area contributed by atoms with Gasteiger partial charge in [-0.2, -0.15) is 0 Å². The Morgan fingerprint density at radius 1 is 1.15 bits per heavy atom. The van der Waals surface area contributed by atoms with E-state index in [1.807, 2.05) is 55.5 Å². The van der Waals surface area contributed by atoms with Crippen LogP contribution in [-0.2, 0) is 0 Å². The van der Waals surface area contributed by atoms with Gasteiger partial charge in [-0.15, -0.1) is 0 Å². The standard InChI is InChI=1S/C27H25BrN2O3/c1-2-33-18-12-10-17(11-13-18)29-27(32)22-8-4-7-20-19-5-3-6-21(19)26(30-25(20)22)23-15-16(28)9-14-24(23)31/h3-5,7-15,19,21,26,30-31H,2,6H2,1H3,(H,29,32). The molecular weight excluding hydrogens is 480 g/mol. The van der Waals surface area contributed by atoms with E-state index >= 15 is 0 Å². The van der Waals surface area contributed by atoms with E-state index in [1.54, 1.807) is 6.07 Å². The van der Waals surface area contributed by atoms with E-state index in [0.717, 1.165) is 33.5 Å². The van der Waals surface area contributed by atoms with Crippen LogP contribution in [0, 0.1) is 5.92 Å². The first-order valence-corrected chi connectivity index (χ1v) is 11.9. The van der Waals surface area contributed by atoms with Crippen LogP contribution in [0.2, 0.25) is 0 Å². The minimum absolute atomic E-state index is 0.116. The Kier molecular flexibility index (Phi) is 5.85. The molecule has 0 radical (unpaired) electrons. The van der Waals surface area contributed by atoms with Crippen LogP contribution in [0.3, 0.4) is 0 Å². The summed E-state index contributed by atoms with van der Waals surface area (Å²) in [6.07, 6.45) is 5.33. The fourth-order valence-electron chi connectivity index (χ4n) is 4.89. The van der Waals surface area contributed by atoms with Crippen molar-refractivity contribution >= 4 is 33.2 Å². The highest BCUT2D eigenvalue weighted by Crippen LogP contribution is 2.52. The van der Waals surface area contributed by atoms with Crippen LogP contribution >= 0.6 is 15.9 Å². The zero-order valence-corrected chi connectivity index (χ0v) is 19.8. The number of phenolic OH excluding ortho intramolecular Hbond substituents is 1. The van der Waals surface area contributed by atoms with Crippen molar-refractivity contribution in [2.75, 3.05) is 17.2 Å². The molecule has 3 atom stereocenters. The molecule has 3 aromatic carbocycles. The second-order valence-electron chi connectivity index (χ2n) is 8.36. The second kappa shape index (κ2) is 8.94. The minimum atomic E-state index is -0.179. The minimum Gasteiger partial charge on any atom is -0.508 e. The molecule has 6 heteroatoms. The smallest absolute Gasteiger partial charge is 0.257 e. The molecule has 0 saturated carbocycles. The third-order valence-corrected chi connectivity index (χ3v) is 6.88. The first-order chi connectivity index (χ1) is 16.0. The number of anilines is 2. The molecule has 5 nitrogen and oxygen atoms in total. The molecular formula is C27H25BrN2O3. The number of benzene rings is 3. The number of para-hydroxylation sites is 1. The summed E-state index contributed by atoms with van der Waals surface area (Å²) in [5, 5.41) is 17.2. The zero-order chi connectivity index (χ0) is 22.9. The quantitative estimate of drug-likeness (QED) is 0.341. The number of ether oxygens (including phenoxy) is 1. The number of phenols is 1. The van der Waals surface area contributed by atoms with Crippen LogP contribution in [0.15, 0.2) is 77.3 Å². The van der Waals surface area contributed by atoms with Gasteiger partial charge >= 0.3 is 0 Å². The Bertz CT molecular complexity index is 1220. The second-order valence-corrected chi connectivity index (χ2v) is 9.28. The van der Waals surface area contributed by atoms with Gasteiger partial charge in [0, 0.05) is 21.6 Å². The van der Waals surface area contributed by atoms with E-state index < -0.39 is 0 Å². The third kappa shape index (κ3) is 4.11. The topological polar surface area (TPSA) is 70.6 Å². The van der Waals surface area contributed by atoms with E-state index in [2.05, 4.69) is 44.8 Å². The Morgan fingerprint density at radius 3 is 2.76 bits per heavy atom. The van der Waals surface area contributed by atoms with Crippen LogP contribution in [-0.4, -0.2) is 17.6 Å². The summed E-state index contributed by atoms with van der Waals surface area (Å²) in [6, 6.07) is 18.6. The summed E-state index contributed by atoms with van der Waals surface area (Å²) < 4.78 is 6.39. The summed E-state index contributed by atoms with van der Waals surface area (Å²) in [7, 11) is 0. The average molecular weight is 505 g/mol. The van der Waals surface area contributed by atoms with Gasteiger partial charge in [-0.05, 0) is 73.4 Å². The molecule has 0 spiro atoms. The van der Waals surface area contributed by atoms with Crippen LogP contribution in [0.1, 0.15) is 46.8 Å². The van der Waals surface area contributed by atoms with Crippen molar-refractivity contribution in [2.45, 2.75) is 25.3 Å². The molecule has 0 saturated heterocycles. The highest BCUT2D eigenvalue weighted by atomic mass is 79.9. The first-order valence-electron chi connectivity index (χ1n) is 11.1. The molecule has 1 aliphatic carbocycles. The Balaban J connectivity index is 1.49. The predicted octanol–water partition coefficient (Wildman–Crippen LogP) is 6.63. The van der Waals surface area contributed by atoms with Crippen molar-refractivity contribution in [2.24, 2.45) is 5.92 Å². The van der Waals surface area contributed by atoms with Crippen molar-refractivity contribution in [1.82, 2.24) is 0 Å². The van der Waals surface area contributed by atoms with Gasteiger partial charge in [-0.25, -0.2) is 0 Å². The maximum absolute atomic E-state index is 13.3. The molecule has 168 valence electrons. The maximum Gasteiger partial charge on any atom is 0.257 e. The number of rotatable bonds is 5. The van der Waals surface area contributed by atoms with Gasteiger partial charge in [-0.1, -0.05) is 40.2 Å². The summed E-state index contributed by atoms with van der Waals surface area (Å²) in [4.78, 5) is 13.3. The maximum atomic E-state index is 13.3. The number of amides is 1. The summed E-state index contributed by atoms with van der Waals surface area (Å²) in [5.41, 5.74) is 4.05. The monoisotopic (exact) mass is 504 g/mol. The third-order valence-electron chi connectivity index (χ3n) is 6.39. The lowest BCUT2D eigenvalue weighted by Gasteiger charge is -2.38. The van der Waals surface area contributed by atoms with E-state index in [9.17, 15) is 9.90 Å². The fourth-order valence-corrected chi connectivity index (χ4v) is 5.27. The number of aromatic hydroxyl groups is 1.